The first kappa shape index (κ1) is 16.2. The van der Waals surface area contributed by atoms with Crippen molar-refractivity contribution < 1.29 is 18.3 Å². The van der Waals surface area contributed by atoms with Crippen molar-refractivity contribution in [1.29, 1.82) is 0 Å². The second-order valence-corrected chi connectivity index (χ2v) is 6.52. The summed E-state index contributed by atoms with van der Waals surface area (Å²) in [5, 5.41) is 9.65. The van der Waals surface area contributed by atoms with Gasteiger partial charge in [0.2, 0.25) is 10.0 Å². The van der Waals surface area contributed by atoms with Crippen LogP contribution in [-0.4, -0.2) is 32.8 Å². The van der Waals surface area contributed by atoms with Gasteiger partial charge in [0.1, 0.15) is 10.6 Å². The Kier molecular flexibility index (Phi) is 5.61. The molecule has 0 saturated heterocycles. The molecule has 0 radical (unpaired) electrons. The number of hydrogen-bond acceptors (Lipinski definition) is 4. The van der Waals surface area contributed by atoms with Crippen LogP contribution in [0.25, 0.3) is 0 Å². The number of aliphatic hydroxyl groups is 1. The van der Waals surface area contributed by atoms with Crippen molar-refractivity contribution in [1.82, 2.24) is 4.72 Å². The molecule has 7 heteroatoms. The normalized spacial score (nSPS) is 15.0. The highest BCUT2D eigenvalue weighted by Crippen LogP contribution is 2.27. The molecule has 0 spiro atoms. The molecule has 0 bridgehead atoms. The Morgan fingerprint density at radius 2 is 2.05 bits per heavy atom. The van der Waals surface area contributed by atoms with Gasteiger partial charge in [-0.15, -0.1) is 0 Å². The summed E-state index contributed by atoms with van der Waals surface area (Å²) in [6.45, 7) is 3.29. The Bertz CT molecular complexity index is 531. The molecule has 1 aromatic carbocycles. The molecule has 19 heavy (non-hydrogen) atoms. The molecular formula is C12H18ClNO4S. The van der Waals surface area contributed by atoms with Crippen molar-refractivity contribution in [2.75, 3.05) is 7.11 Å². The van der Waals surface area contributed by atoms with Crippen molar-refractivity contribution in [2.45, 2.75) is 37.3 Å². The van der Waals surface area contributed by atoms with Gasteiger partial charge in [0, 0.05) is 17.1 Å². The molecule has 0 aromatic heterocycles. The minimum absolute atomic E-state index is 0.0249. The Morgan fingerprint density at radius 3 is 2.58 bits per heavy atom. The Labute approximate surface area is 118 Å². The third-order valence-electron chi connectivity index (χ3n) is 2.47. The number of aliphatic hydroxyl groups excluding tert-OH is 1. The number of halogens is 1. The summed E-state index contributed by atoms with van der Waals surface area (Å²) >= 11 is 5.79. The summed E-state index contributed by atoms with van der Waals surface area (Å²) in [4.78, 5) is 0.0249. The lowest BCUT2D eigenvalue weighted by Gasteiger charge is -2.17. The van der Waals surface area contributed by atoms with Crippen LogP contribution >= 0.6 is 11.6 Å². The van der Waals surface area contributed by atoms with Crippen molar-refractivity contribution in [3.8, 4) is 5.75 Å². The maximum Gasteiger partial charge on any atom is 0.244 e. The van der Waals surface area contributed by atoms with Crippen LogP contribution in [0.2, 0.25) is 5.02 Å². The topological polar surface area (TPSA) is 75.6 Å². The highest BCUT2D eigenvalue weighted by molar-refractivity contribution is 7.89. The van der Waals surface area contributed by atoms with Gasteiger partial charge in [-0.3, -0.25) is 0 Å². The average Bonchev–Trinajstić information content (AvgIpc) is 2.26. The fourth-order valence-corrected chi connectivity index (χ4v) is 3.32. The van der Waals surface area contributed by atoms with Gasteiger partial charge in [-0.25, -0.2) is 13.1 Å². The van der Waals surface area contributed by atoms with E-state index in [-0.39, 0.29) is 16.7 Å². The van der Waals surface area contributed by atoms with E-state index in [1.165, 1.54) is 25.3 Å². The molecule has 0 aliphatic heterocycles. The van der Waals surface area contributed by atoms with Gasteiger partial charge in [-0.05, 0) is 32.4 Å². The molecule has 2 N–H and O–H groups in total. The van der Waals surface area contributed by atoms with Crippen LogP contribution < -0.4 is 9.46 Å². The van der Waals surface area contributed by atoms with Crippen molar-refractivity contribution in [3.63, 3.8) is 0 Å². The fourth-order valence-electron chi connectivity index (χ4n) is 1.75. The van der Waals surface area contributed by atoms with Gasteiger partial charge < -0.3 is 9.84 Å². The Balaban J connectivity index is 3.00. The third-order valence-corrected chi connectivity index (χ3v) is 4.33. The quantitative estimate of drug-likeness (QED) is 0.840. The van der Waals surface area contributed by atoms with E-state index in [9.17, 15) is 13.5 Å². The number of rotatable bonds is 6. The largest absolute Gasteiger partial charge is 0.495 e. The third kappa shape index (κ3) is 4.65. The van der Waals surface area contributed by atoms with E-state index in [2.05, 4.69) is 4.72 Å². The van der Waals surface area contributed by atoms with Crippen LogP contribution in [0, 0.1) is 0 Å². The summed E-state index contributed by atoms with van der Waals surface area (Å²) < 4.78 is 31.9. The van der Waals surface area contributed by atoms with Gasteiger partial charge in [0.15, 0.2) is 0 Å². The molecule has 0 heterocycles. The highest BCUT2D eigenvalue weighted by Gasteiger charge is 2.22. The van der Waals surface area contributed by atoms with Crippen LogP contribution in [0.3, 0.4) is 0 Å². The smallest absolute Gasteiger partial charge is 0.244 e. The molecule has 0 amide bonds. The van der Waals surface area contributed by atoms with E-state index in [0.717, 1.165) is 0 Å². The summed E-state index contributed by atoms with van der Waals surface area (Å²) in [6, 6.07) is 3.93. The molecule has 1 aromatic rings. The van der Waals surface area contributed by atoms with E-state index in [4.69, 9.17) is 16.3 Å². The zero-order valence-corrected chi connectivity index (χ0v) is 12.6. The molecule has 5 nitrogen and oxygen atoms in total. The summed E-state index contributed by atoms with van der Waals surface area (Å²) in [6.07, 6.45) is -0.250. The lowest BCUT2D eigenvalue weighted by atomic mass is 10.2. The van der Waals surface area contributed by atoms with Crippen LogP contribution in [-0.2, 0) is 10.0 Å². The van der Waals surface area contributed by atoms with Gasteiger partial charge in [-0.2, -0.15) is 0 Å². The molecule has 1 rings (SSSR count). The Hall–Kier alpha value is -0.820. The second-order valence-electron chi connectivity index (χ2n) is 4.40. The van der Waals surface area contributed by atoms with Gasteiger partial charge in [0.25, 0.3) is 0 Å². The monoisotopic (exact) mass is 307 g/mol. The first-order chi connectivity index (χ1) is 8.76. The zero-order chi connectivity index (χ0) is 14.6. The minimum Gasteiger partial charge on any atom is -0.495 e. The molecule has 108 valence electrons. The lowest BCUT2D eigenvalue weighted by Crippen LogP contribution is -2.34. The SMILES string of the molecule is COc1cc(Cl)ccc1S(=O)(=O)NC(C)CC(C)O. The number of methoxy groups -OCH3 is 1. The summed E-state index contributed by atoms with van der Waals surface area (Å²) in [5.74, 6) is 0.184. The first-order valence-corrected chi connectivity index (χ1v) is 7.66. The van der Waals surface area contributed by atoms with Crippen LogP contribution in [0.15, 0.2) is 23.1 Å². The standard InChI is InChI=1S/C12H18ClNO4S/c1-8(6-9(2)15)14-19(16,17)12-5-4-10(13)7-11(12)18-3/h4-5,7-9,14-15H,6H2,1-3H3. The van der Waals surface area contributed by atoms with Crippen LogP contribution in [0.1, 0.15) is 20.3 Å². The first-order valence-electron chi connectivity index (χ1n) is 5.80. The minimum atomic E-state index is -3.71. The molecule has 0 aliphatic carbocycles. The molecule has 2 unspecified atom stereocenters. The summed E-state index contributed by atoms with van der Waals surface area (Å²) in [5.41, 5.74) is 0. The van der Waals surface area contributed by atoms with Crippen molar-refractivity contribution in [2.24, 2.45) is 0 Å². The van der Waals surface area contributed by atoms with E-state index in [1.54, 1.807) is 13.8 Å². The maximum atomic E-state index is 12.2. The van der Waals surface area contributed by atoms with E-state index in [1.807, 2.05) is 0 Å². The van der Waals surface area contributed by atoms with Crippen molar-refractivity contribution >= 4 is 21.6 Å². The van der Waals surface area contributed by atoms with Crippen LogP contribution in [0.5, 0.6) is 5.75 Å². The maximum absolute atomic E-state index is 12.2. The average molecular weight is 308 g/mol. The fraction of sp³-hybridized carbons (Fsp3) is 0.500. The number of ether oxygens (including phenoxy) is 1. The van der Waals surface area contributed by atoms with Gasteiger partial charge in [0.05, 0.1) is 13.2 Å². The Morgan fingerprint density at radius 1 is 1.42 bits per heavy atom. The van der Waals surface area contributed by atoms with Gasteiger partial charge >= 0.3 is 0 Å². The predicted octanol–water partition coefficient (Wildman–Crippen LogP) is 1.79. The molecular weight excluding hydrogens is 290 g/mol. The predicted molar refractivity (Wildman–Crippen MR) is 74.1 cm³/mol. The zero-order valence-electron chi connectivity index (χ0n) is 11.1. The number of nitrogens with one attached hydrogen (secondary N) is 1. The van der Waals surface area contributed by atoms with E-state index in [0.29, 0.717) is 11.4 Å². The van der Waals surface area contributed by atoms with E-state index >= 15 is 0 Å². The van der Waals surface area contributed by atoms with Gasteiger partial charge in [-0.1, -0.05) is 11.6 Å². The van der Waals surface area contributed by atoms with E-state index < -0.39 is 16.1 Å². The number of sulfonamides is 1. The lowest BCUT2D eigenvalue weighted by molar-refractivity contribution is 0.175. The molecule has 0 saturated carbocycles. The number of benzene rings is 1. The van der Waals surface area contributed by atoms with Crippen molar-refractivity contribution in [3.05, 3.63) is 23.2 Å². The summed E-state index contributed by atoms with van der Waals surface area (Å²) in [7, 11) is -2.33. The highest BCUT2D eigenvalue weighted by atomic mass is 35.5. The molecule has 0 fully saturated rings. The second kappa shape index (κ2) is 6.56. The molecule has 2 atom stereocenters. The van der Waals surface area contributed by atoms with Crippen LogP contribution in [0.4, 0.5) is 0 Å². The number of hydrogen-bond donors (Lipinski definition) is 2. The molecule has 0 aliphatic rings.